The van der Waals surface area contributed by atoms with E-state index in [4.69, 9.17) is 4.74 Å². The lowest BCUT2D eigenvalue weighted by molar-refractivity contribution is -0.116. The molecule has 0 aliphatic carbocycles. The number of carbonyl (C=O) groups excluding carboxylic acids is 1. The molecule has 21 heavy (non-hydrogen) atoms. The lowest BCUT2D eigenvalue weighted by Gasteiger charge is -2.08. The number of rotatable bonds is 6. The number of ether oxygens (including phenoxy) is 1. The molecule has 0 bridgehead atoms. The van der Waals surface area contributed by atoms with Crippen molar-refractivity contribution >= 4 is 11.7 Å². The summed E-state index contributed by atoms with van der Waals surface area (Å²) < 4.78 is 19.5. The molecule has 1 heterocycles. The van der Waals surface area contributed by atoms with Gasteiger partial charge in [0.15, 0.2) is 0 Å². The van der Waals surface area contributed by atoms with Crippen molar-refractivity contribution in [1.82, 2.24) is 9.78 Å². The van der Waals surface area contributed by atoms with E-state index < -0.39 is 0 Å². The number of halogens is 1. The molecule has 0 spiro atoms. The van der Waals surface area contributed by atoms with Crippen LogP contribution >= 0.6 is 0 Å². The Kier molecular flexibility index (Phi) is 5.05. The number of nitrogens with zero attached hydrogens (tertiary/aromatic N) is 2. The zero-order chi connectivity index (χ0) is 15.2. The minimum Gasteiger partial charge on any atom is -0.385 e. The number of amides is 1. The van der Waals surface area contributed by atoms with Gasteiger partial charge in [0.25, 0.3) is 0 Å². The van der Waals surface area contributed by atoms with Crippen molar-refractivity contribution in [3.63, 3.8) is 0 Å². The predicted octanol–water partition coefficient (Wildman–Crippen LogP) is 2.68. The van der Waals surface area contributed by atoms with Crippen LogP contribution in [0.25, 0.3) is 5.69 Å². The van der Waals surface area contributed by atoms with Crippen LogP contribution in [0.3, 0.4) is 0 Å². The SMILES string of the molecule is COCCCC(=O)Nc1cc(C)nn1-c1ccc(F)cc1. The number of benzene rings is 1. The van der Waals surface area contributed by atoms with E-state index in [2.05, 4.69) is 10.4 Å². The minimum atomic E-state index is -0.312. The Balaban J connectivity index is 2.13. The van der Waals surface area contributed by atoms with Crippen LogP contribution < -0.4 is 5.32 Å². The van der Waals surface area contributed by atoms with E-state index in [1.807, 2.05) is 6.92 Å². The molecule has 112 valence electrons. The van der Waals surface area contributed by atoms with Crippen LogP contribution in [0.4, 0.5) is 10.2 Å². The topological polar surface area (TPSA) is 56.1 Å². The zero-order valence-corrected chi connectivity index (χ0v) is 12.1. The smallest absolute Gasteiger partial charge is 0.225 e. The molecule has 0 unspecified atom stereocenters. The van der Waals surface area contributed by atoms with Gasteiger partial charge in [0.05, 0.1) is 11.4 Å². The van der Waals surface area contributed by atoms with Gasteiger partial charge < -0.3 is 10.1 Å². The van der Waals surface area contributed by atoms with Crippen LogP contribution in [-0.4, -0.2) is 29.4 Å². The fourth-order valence-electron chi connectivity index (χ4n) is 1.95. The molecule has 1 aromatic carbocycles. The molecule has 0 aliphatic heterocycles. The van der Waals surface area contributed by atoms with E-state index in [1.54, 1.807) is 30.0 Å². The van der Waals surface area contributed by atoms with Crippen molar-refractivity contribution in [1.29, 1.82) is 0 Å². The Morgan fingerprint density at radius 3 is 2.76 bits per heavy atom. The summed E-state index contributed by atoms with van der Waals surface area (Å²) in [6.07, 6.45) is 1.04. The Morgan fingerprint density at radius 2 is 2.10 bits per heavy atom. The van der Waals surface area contributed by atoms with Gasteiger partial charge in [0.2, 0.25) is 5.91 Å². The van der Waals surface area contributed by atoms with E-state index in [0.717, 1.165) is 5.69 Å². The predicted molar refractivity (Wildman–Crippen MR) is 78.0 cm³/mol. The molecule has 6 heteroatoms. The normalized spacial score (nSPS) is 10.6. The van der Waals surface area contributed by atoms with Crippen LogP contribution in [0.1, 0.15) is 18.5 Å². The highest BCUT2D eigenvalue weighted by atomic mass is 19.1. The number of hydrogen-bond donors (Lipinski definition) is 1. The minimum absolute atomic E-state index is 0.102. The molecule has 5 nitrogen and oxygen atoms in total. The fraction of sp³-hybridized carbons (Fsp3) is 0.333. The zero-order valence-electron chi connectivity index (χ0n) is 12.1. The Hall–Kier alpha value is -2.21. The molecule has 0 radical (unpaired) electrons. The number of methoxy groups -OCH3 is 1. The first kappa shape index (κ1) is 15.2. The third-order valence-electron chi connectivity index (χ3n) is 2.92. The summed E-state index contributed by atoms with van der Waals surface area (Å²) in [5, 5.41) is 7.13. The summed E-state index contributed by atoms with van der Waals surface area (Å²) in [7, 11) is 1.60. The molecule has 2 rings (SSSR count). The highest BCUT2D eigenvalue weighted by Gasteiger charge is 2.10. The van der Waals surface area contributed by atoms with Crippen molar-refractivity contribution in [2.45, 2.75) is 19.8 Å². The summed E-state index contributed by atoms with van der Waals surface area (Å²) in [5.41, 5.74) is 1.46. The third kappa shape index (κ3) is 4.13. The van der Waals surface area contributed by atoms with Gasteiger partial charge in [0, 0.05) is 26.2 Å². The third-order valence-corrected chi connectivity index (χ3v) is 2.92. The first-order chi connectivity index (χ1) is 10.1. The van der Waals surface area contributed by atoms with Gasteiger partial charge in [-0.25, -0.2) is 9.07 Å². The lowest BCUT2D eigenvalue weighted by atomic mass is 10.3. The van der Waals surface area contributed by atoms with Crippen molar-refractivity contribution in [2.75, 3.05) is 19.0 Å². The van der Waals surface area contributed by atoms with Crippen LogP contribution in [-0.2, 0) is 9.53 Å². The molecule has 1 aromatic heterocycles. The molecule has 0 saturated heterocycles. The van der Waals surface area contributed by atoms with Gasteiger partial charge in [0.1, 0.15) is 11.6 Å². The Bertz CT molecular complexity index is 608. The quantitative estimate of drug-likeness (QED) is 0.832. The van der Waals surface area contributed by atoms with Crippen molar-refractivity contribution in [2.24, 2.45) is 0 Å². The van der Waals surface area contributed by atoms with Gasteiger partial charge in [-0.1, -0.05) is 0 Å². The number of nitrogens with one attached hydrogen (secondary N) is 1. The average Bonchev–Trinajstić information content (AvgIpc) is 2.80. The standard InChI is InChI=1S/C15H18FN3O2/c1-11-10-14(17-15(20)4-3-9-21-2)19(18-11)13-7-5-12(16)6-8-13/h5-8,10H,3-4,9H2,1-2H3,(H,17,20). The first-order valence-corrected chi connectivity index (χ1v) is 6.71. The number of carbonyl (C=O) groups is 1. The number of anilines is 1. The van der Waals surface area contributed by atoms with Crippen LogP contribution in [0, 0.1) is 12.7 Å². The average molecular weight is 291 g/mol. The summed E-state index contributed by atoms with van der Waals surface area (Å²) in [6.45, 7) is 2.38. The maximum atomic E-state index is 13.0. The highest BCUT2D eigenvalue weighted by molar-refractivity contribution is 5.90. The Labute approximate surface area is 122 Å². The molecular formula is C15H18FN3O2. The largest absolute Gasteiger partial charge is 0.385 e. The van der Waals surface area contributed by atoms with Crippen molar-refractivity contribution in [3.05, 3.63) is 41.8 Å². The number of aromatic nitrogens is 2. The van der Waals surface area contributed by atoms with Crippen molar-refractivity contribution < 1.29 is 13.9 Å². The summed E-state index contributed by atoms with van der Waals surface area (Å²) in [4.78, 5) is 11.9. The molecule has 0 saturated carbocycles. The first-order valence-electron chi connectivity index (χ1n) is 6.71. The van der Waals surface area contributed by atoms with E-state index >= 15 is 0 Å². The molecule has 0 fully saturated rings. The maximum absolute atomic E-state index is 13.0. The van der Waals surface area contributed by atoms with Gasteiger partial charge in [-0.15, -0.1) is 0 Å². The monoisotopic (exact) mass is 291 g/mol. The summed E-state index contributed by atoms with van der Waals surface area (Å²) in [6, 6.07) is 7.72. The van der Waals surface area contributed by atoms with Gasteiger partial charge >= 0.3 is 0 Å². The number of aryl methyl sites for hydroxylation is 1. The summed E-state index contributed by atoms with van der Waals surface area (Å²) in [5.74, 6) is 0.157. The fourth-order valence-corrected chi connectivity index (χ4v) is 1.95. The maximum Gasteiger partial charge on any atom is 0.225 e. The van der Waals surface area contributed by atoms with Crippen LogP contribution in [0.15, 0.2) is 30.3 Å². The molecular weight excluding hydrogens is 273 g/mol. The Morgan fingerprint density at radius 1 is 1.38 bits per heavy atom. The van der Waals surface area contributed by atoms with Crippen molar-refractivity contribution in [3.8, 4) is 5.69 Å². The van der Waals surface area contributed by atoms with E-state index in [1.165, 1.54) is 12.1 Å². The second-order valence-electron chi connectivity index (χ2n) is 4.70. The summed E-state index contributed by atoms with van der Waals surface area (Å²) >= 11 is 0. The second kappa shape index (κ2) is 6.99. The molecule has 0 aliphatic rings. The molecule has 0 atom stereocenters. The van der Waals surface area contributed by atoms with Gasteiger partial charge in [-0.3, -0.25) is 4.79 Å². The molecule has 1 amide bonds. The van der Waals surface area contributed by atoms with Gasteiger partial charge in [-0.05, 0) is 37.6 Å². The highest BCUT2D eigenvalue weighted by Crippen LogP contribution is 2.17. The van der Waals surface area contributed by atoms with E-state index in [-0.39, 0.29) is 11.7 Å². The van der Waals surface area contributed by atoms with Crippen LogP contribution in [0.5, 0.6) is 0 Å². The van der Waals surface area contributed by atoms with Crippen LogP contribution in [0.2, 0.25) is 0 Å². The lowest BCUT2D eigenvalue weighted by Crippen LogP contribution is -2.15. The number of hydrogen-bond acceptors (Lipinski definition) is 3. The molecule has 1 N–H and O–H groups in total. The van der Waals surface area contributed by atoms with Gasteiger partial charge in [-0.2, -0.15) is 5.10 Å². The molecule has 2 aromatic rings. The van der Waals surface area contributed by atoms with E-state index in [0.29, 0.717) is 31.0 Å². The van der Waals surface area contributed by atoms with E-state index in [9.17, 15) is 9.18 Å². The second-order valence-corrected chi connectivity index (χ2v) is 4.70.